The van der Waals surface area contributed by atoms with E-state index in [-0.39, 0.29) is 11.5 Å². The molecule has 2 heterocycles. The van der Waals surface area contributed by atoms with E-state index in [1.54, 1.807) is 48.7 Å². The highest BCUT2D eigenvalue weighted by Gasteiger charge is 2.25. The van der Waals surface area contributed by atoms with Crippen molar-refractivity contribution >= 4 is 17.3 Å². The highest BCUT2D eigenvalue weighted by Crippen LogP contribution is 2.32. The minimum absolute atomic E-state index is 0.0414. The van der Waals surface area contributed by atoms with Gasteiger partial charge in [0.1, 0.15) is 18.4 Å². The maximum absolute atomic E-state index is 12.0. The fourth-order valence-electron chi connectivity index (χ4n) is 2.38. The number of aromatic nitrogens is 1. The third-order valence-corrected chi connectivity index (χ3v) is 3.90. The average Bonchev–Trinajstić information content (AvgIpc) is 2.64. The molecule has 128 valence electrons. The first kappa shape index (κ1) is 17.0. The van der Waals surface area contributed by atoms with Gasteiger partial charge in [-0.05, 0) is 24.3 Å². The predicted molar refractivity (Wildman–Crippen MR) is 93.7 cm³/mol. The van der Waals surface area contributed by atoms with Gasteiger partial charge in [-0.25, -0.2) is 0 Å². The summed E-state index contributed by atoms with van der Waals surface area (Å²) in [5.74, 6) is -0.553. The molecule has 0 amide bonds. The van der Waals surface area contributed by atoms with E-state index in [0.717, 1.165) is 6.07 Å². The highest BCUT2D eigenvalue weighted by molar-refractivity contribution is 6.33. The van der Waals surface area contributed by atoms with Gasteiger partial charge in [0.15, 0.2) is 5.76 Å². The van der Waals surface area contributed by atoms with Gasteiger partial charge in [-0.15, -0.1) is 0 Å². The van der Waals surface area contributed by atoms with Crippen LogP contribution in [0.3, 0.4) is 0 Å². The lowest BCUT2D eigenvalue weighted by Crippen LogP contribution is -2.17. The molecule has 0 radical (unpaired) electrons. The van der Waals surface area contributed by atoms with Crippen LogP contribution in [0.2, 0.25) is 5.02 Å². The Kier molecular flexibility index (Phi) is 5.02. The van der Waals surface area contributed by atoms with Gasteiger partial charge in [-0.1, -0.05) is 29.8 Å². The predicted octanol–water partition coefficient (Wildman–Crippen LogP) is 3.09. The molecule has 0 saturated carbocycles. The fourth-order valence-corrected chi connectivity index (χ4v) is 2.57. The molecule has 0 saturated heterocycles. The summed E-state index contributed by atoms with van der Waals surface area (Å²) in [6.07, 6.45) is 1.58. The summed E-state index contributed by atoms with van der Waals surface area (Å²) in [6, 6.07) is 12.6. The fraction of sp³-hybridized carbons (Fsp3) is 0.111. The molecule has 6 nitrogen and oxygen atoms in total. The van der Waals surface area contributed by atoms with Gasteiger partial charge in [0.05, 0.1) is 16.4 Å². The number of aliphatic hydroxyl groups excluding tert-OH is 1. The lowest BCUT2D eigenvalue weighted by Gasteiger charge is -2.20. The summed E-state index contributed by atoms with van der Waals surface area (Å²) in [5.41, 5.74) is 0.444. The van der Waals surface area contributed by atoms with Crippen molar-refractivity contribution in [1.29, 1.82) is 0 Å². The zero-order valence-corrected chi connectivity index (χ0v) is 13.8. The van der Waals surface area contributed by atoms with Crippen molar-refractivity contribution in [3.63, 3.8) is 0 Å². The number of nitrogens with one attached hydrogen (secondary N) is 1. The maximum atomic E-state index is 12.0. The molecule has 0 spiro atoms. The highest BCUT2D eigenvalue weighted by atomic mass is 35.5. The normalized spacial score (nSPS) is 11.9. The van der Waals surface area contributed by atoms with Gasteiger partial charge in [0.2, 0.25) is 11.2 Å². The summed E-state index contributed by atoms with van der Waals surface area (Å²) in [7, 11) is 0. The molecule has 0 unspecified atom stereocenters. The number of rotatable bonds is 5. The number of hydrogen-bond donors (Lipinski definition) is 3. The number of pyridine rings is 1. The number of aliphatic hydroxyl groups is 1. The van der Waals surface area contributed by atoms with Gasteiger partial charge in [0.25, 0.3) is 0 Å². The van der Waals surface area contributed by atoms with Crippen molar-refractivity contribution in [3.8, 4) is 5.75 Å². The first-order valence-electron chi connectivity index (χ1n) is 7.49. The van der Waals surface area contributed by atoms with Gasteiger partial charge >= 0.3 is 0 Å². The van der Waals surface area contributed by atoms with Crippen LogP contribution in [0.15, 0.2) is 63.9 Å². The molecular weight excluding hydrogens is 344 g/mol. The van der Waals surface area contributed by atoms with E-state index in [4.69, 9.17) is 16.0 Å². The monoisotopic (exact) mass is 358 g/mol. The molecule has 1 aromatic carbocycles. The van der Waals surface area contributed by atoms with Crippen molar-refractivity contribution in [2.45, 2.75) is 12.6 Å². The third-order valence-electron chi connectivity index (χ3n) is 3.58. The van der Waals surface area contributed by atoms with Crippen molar-refractivity contribution in [3.05, 3.63) is 87.2 Å². The second-order valence-electron chi connectivity index (χ2n) is 5.26. The van der Waals surface area contributed by atoms with Crippen LogP contribution in [0, 0.1) is 0 Å². The number of aromatic hydroxyl groups is 1. The van der Waals surface area contributed by atoms with Crippen LogP contribution in [0.4, 0.5) is 5.69 Å². The lowest BCUT2D eigenvalue weighted by atomic mass is 10.1. The van der Waals surface area contributed by atoms with Crippen molar-refractivity contribution in [1.82, 2.24) is 4.98 Å². The average molecular weight is 359 g/mol. The molecule has 25 heavy (non-hydrogen) atoms. The molecule has 0 aliphatic heterocycles. The Labute approximate surface area is 148 Å². The van der Waals surface area contributed by atoms with E-state index in [2.05, 4.69) is 10.3 Å². The molecule has 0 bridgehead atoms. The summed E-state index contributed by atoms with van der Waals surface area (Å²) in [5, 5.41) is 23.1. The van der Waals surface area contributed by atoms with Crippen LogP contribution < -0.4 is 10.7 Å². The maximum Gasteiger partial charge on any atom is 0.227 e. The minimum Gasteiger partial charge on any atom is -0.502 e. The second kappa shape index (κ2) is 7.38. The summed E-state index contributed by atoms with van der Waals surface area (Å²) in [6.45, 7) is -0.469. The molecule has 3 rings (SSSR count). The first-order chi connectivity index (χ1) is 12.1. The minimum atomic E-state index is -0.778. The Hall–Kier alpha value is -2.83. The molecule has 3 N–H and O–H groups in total. The zero-order valence-electron chi connectivity index (χ0n) is 13.0. The van der Waals surface area contributed by atoms with E-state index in [1.807, 2.05) is 0 Å². The Morgan fingerprint density at radius 2 is 1.96 bits per heavy atom. The third kappa shape index (κ3) is 3.65. The second-order valence-corrected chi connectivity index (χ2v) is 5.67. The molecule has 1 atom stereocenters. The van der Waals surface area contributed by atoms with Crippen molar-refractivity contribution < 1.29 is 14.6 Å². The topological polar surface area (TPSA) is 95.6 Å². The number of hydrogen-bond acceptors (Lipinski definition) is 6. The molecule has 0 fully saturated rings. The zero-order chi connectivity index (χ0) is 17.8. The van der Waals surface area contributed by atoms with E-state index in [9.17, 15) is 15.0 Å². The molecule has 0 aliphatic rings. The van der Waals surface area contributed by atoms with Crippen LogP contribution in [0.25, 0.3) is 0 Å². The summed E-state index contributed by atoms with van der Waals surface area (Å²) < 4.78 is 5.52. The standard InChI is InChI=1S/C18H15ClN2O4/c19-12-5-1-2-6-13(12)21-16(14-7-3-4-8-20-14)18-17(24)15(23)9-11(10-22)25-18/h1-9,16,21-22,24H,10H2/t16-/m1/s1. The van der Waals surface area contributed by atoms with E-state index in [0.29, 0.717) is 16.4 Å². The van der Waals surface area contributed by atoms with E-state index in [1.165, 1.54) is 0 Å². The van der Waals surface area contributed by atoms with Crippen LogP contribution in [-0.2, 0) is 6.61 Å². The Morgan fingerprint density at radius 3 is 2.64 bits per heavy atom. The molecular formula is C18H15ClN2O4. The Morgan fingerprint density at radius 1 is 1.20 bits per heavy atom. The van der Waals surface area contributed by atoms with E-state index < -0.39 is 23.8 Å². The van der Waals surface area contributed by atoms with Crippen molar-refractivity contribution in [2.75, 3.05) is 5.32 Å². The smallest absolute Gasteiger partial charge is 0.227 e. The van der Waals surface area contributed by atoms with Crippen LogP contribution >= 0.6 is 11.6 Å². The summed E-state index contributed by atoms with van der Waals surface area (Å²) in [4.78, 5) is 16.2. The molecule has 7 heteroatoms. The van der Waals surface area contributed by atoms with Crippen LogP contribution in [0.1, 0.15) is 23.3 Å². The van der Waals surface area contributed by atoms with Crippen LogP contribution in [-0.4, -0.2) is 15.2 Å². The molecule has 0 aliphatic carbocycles. The number of nitrogens with zero attached hydrogens (tertiary/aromatic N) is 1. The first-order valence-corrected chi connectivity index (χ1v) is 7.86. The Bertz CT molecular complexity index is 928. The largest absolute Gasteiger partial charge is 0.502 e. The number of para-hydroxylation sites is 1. The van der Waals surface area contributed by atoms with Gasteiger partial charge in [-0.2, -0.15) is 0 Å². The van der Waals surface area contributed by atoms with Crippen molar-refractivity contribution in [2.24, 2.45) is 0 Å². The SMILES string of the molecule is O=c1cc(CO)oc([C@H](Nc2ccccc2Cl)c2ccccn2)c1O. The van der Waals surface area contributed by atoms with Gasteiger partial charge < -0.3 is 19.9 Å². The van der Waals surface area contributed by atoms with Gasteiger partial charge in [0, 0.05) is 12.3 Å². The Balaban J connectivity index is 2.14. The van der Waals surface area contributed by atoms with Gasteiger partial charge in [-0.3, -0.25) is 9.78 Å². The lowest BCUT2D eigenvalue weighted by molar-refractivity contribution is 0.234. The summed E-state index contributed by atoms with van der Waals surface area (Å²) >= 11 is 6.20. The van der Waals surface area contributed by atoms with E-state index >= 15 is 0 Å². The number of anilines is 1. The van der Waals surface area contributed by atoms with Crippen LogP contribution in [0.5, 0.6) is 5.75 Å². The molecule has 2 aromatic heterocycles. The number of benzene rings is 1. The molecule has 3 aromatic rings. The number of halogens is 1. The quantitative estimate of drug-likeness (QED) is 0.648.